The quantitative estimate of drug-likeness (QED) is 0.667. The van der Waals surface area contributed by atoms with Crippen molar-refractivity contribution in [3.8, 4) is 11.5 Å². The van der Waals surface area contributed by atoms with Crippen LogP contribution in [-0.2, 0) is 11.2 Å². The Morgan fingerprint density at radius 1 is 0.920 bits per heavy atom. The van der Waals surface area contributed by atoms with Gasteiger partial charge in [0, 0.05) is 6.42 Å². The molecule has 1 N–H and O–H groups in total. The summed E-state index contributed by atoms with van der Waals surface area (Å²) in [5.41, 5.74) is 2.49. The van der Waals surface area contributed by atoms with Crippen LogP contribution in [0.4, 0.5) is 0 Å². The second-order valence-corrected chi connectivity index (χ2v) is 5.96. The van der Waals surface area contributed by atoms with E-state index in [0.29, 0.717) is 32.6 Å². The van der Waals surface area contributed by atoms with E-state index < -0.39 is 0 Å². The normalized spacial score (nSPS) is 10.3. The number of aryl methyl sites for hydroxylation is 2. The summed E-state index contributed by atoms with van der Waals surface area (Å²) < 4.78 is 11.2. The van der Waals surface area contributed by atoms with Crippen LogP contribution < -0.4 is 14.8 Å². The zero-order valence-electron chi connectivity index (χ0n) is 15.1. The maximum absolute atomic E-state index is 11.8. The van der Waals surface area contributed by atoms with Crippen LogP contribution in [0.25, 0.3) is 0 Å². The van der Waals surface area contributed by atoms with Gasteiger partial charge in [-0.15, -0.1) is 0 Å². The Labute approximate surface area is 150 Å². The summed E-state index contributed by atoms with van der Waals surface area (Å²) in [6, 6.07) is 15.9. The minimum atomic E-state index is 0.0254. The number of amides is 1. The van der Waals surface area contributed by atoms with Gasteiger partial charge in [-0.1, -0.05) is 36.8 Å². The van der Waals surface area contributed by atoms with E-state index in [2.05, 4.69) is 24.4 Å². The molecule has 0 spiro atoms. The van der Waals surface area contributed by atoms with Gasteiger partial charge in [0.2, 0.25) is 5.91 Å². The third-order valence-corrected chi connectivity index (χ3v) is 3.86. The van der Waals surface area contributed by atoms with E-state index in [1.807, 2.05) is 43.3 Å². The maximum atomic E-state index is 11.8. The Morgan fingerprint density at radius 2 is 1.52 bits per heavy atom. The van der Waals surface area contributed by atoms with Gasteiger partial charge in [0.25, 0.3) is 0 Å². The Bertz CT molecular complexity index is 635. The number of carbonyl (C=O) groups excluding carboxylic acids is 1. The van der Waals surface area contributed by atoms with Crippen molar-refractivity contribution in [1.82, 2.24) is 5.32 Å². The molecule has 0 aliphatic heterocycles. The molecule has 4 heteroatoms. The van der Waals surface area contributed by atoms with Crippen LogP contribution in [0.1, 0.15) is 30.9 Å². The molecule has 0 saturated carbocycles. The lowest BCUT2D eigenvalue weighted by Crippen LogP contribution is -2.28. The molecule has 0 aromatic heterocycles. The van der Waals surface area contributed by atoms with Crippen molar-refractivity contribution in [3.05, 3.63) is 59.7 Å². The third-order valence-electron chi connectivity index (χ3n) is 3.86. The molecule has 2 rings (SSSR count). The number of carbonyl (C=O) groups is 1. The minimum Gasteiger partial charge on any atom is -0.494 e. The monoisotopic (exact) mass is 341 g/mol. The van der Waals surface area contributed by atoms with Gasteiger partial charge in [-0.05, 0) is 49.6 Å². The molecule has 0 aliphatic rings. The lowest BCUT2D eigenvalue weighted by Gasteiger charge is -2.09. The molecule has 0 aliphatic carbocycles. The summed E-state index contributed by atoms with van der Waals surface area (Å²) in [6.07, 6.45) is 2.17. The van der Waals surface area contributed by atoms with Crippen LogP contribution in [0.15, 0.2) is 48.5 Å². The van der Waals surface area contributed by atoms with Gasteiger partial charge in [-0.3, -0.25) is 4.79 Å². The molecule has 25 heavy (non-hydrogen) atoms. The largest absolute Gasteiger partial charge is 0.494 e. The minimum absolute atomic E-state index is 0.0254. The van der Waals surface area contributed by atoms with E-state index >= 15 is 0 Å². The molecule has 0 unspecified atom stereocenters. The third kappa shape index (κ3) is 7.29. The Kier molecular flexibility index (Phi) is 7.83. The number of hydrogen-bond donors (Lipinski definition) is 1. The summed E-state index contributed by atoms with van der Waals surface area (Å²) in [6.45, 7) is 5.68. The van der Waals surface area contributed by atoms with E-state index in [1.54, 1.807) is 0 Å². The molecule has 2 aromatic carbocycles. The number of nitrogens with one attached hydrogen (secondary N) is 1. The second kappa shape index (κ2) is 10.4. The second-order valence-electron chi connectivity index (χ2n) is 5.96. The van der Waals surface area contributed by atoms with Gasteiger partial charge < -0.3 is 14.8 Å². The highest BCUT2D eigenvalue weighted by Crippen LogP contribution is 2.12. The Hall–Kier alpha value is -2.49. The first kappa shape index (κ1) is 18.8. The zero-order valence-corrected chi connectivity index (χ0v) is 15.1. The molecule has 0 atom stereocenters. The summed E-state index contributed by atoms with van der Waals surface area (Å²) >= 11 is 0. The van der Waals surface area contributed by atoms with Gasteiger partial charge in [0.15, 0.2) is 0 Å². The maximum Gasteiger partial charge on any atom is 0.220 e. The molecule has 0 heterocycles. The smallest absolute Gasteiger partial charge is 0.220 e. The van der Waals surface area contributed by atoms with Crippen LogP contribution >= 0.6 is 0 Å². The van der Waals surface area contributed by atoms with Gasteiger partial charge in [0.1, 0.15) is 18.1 Å². The van der Waals surface area contributed by atoms with Crippen LogP contribution in [-0.4, -0.2) is 25.7 Å². The van der Waals surface area contributed by atoms with Gasteiger partial charge in [0.05, 0.1) is 13.2 Å². The number of rotatable bonds is 10. The van der Waals surface area contributed by atoms with Crippen molar-refractivity contribution in [2.24, 2.45) is 0 Å². The first-order valence-corrected chi connectivity index (χ1v) is 8.85. The number of benzene rings is 2. The summed E-state index contributed by atoms with van der Waals surface area (Å²) in [5, 5.41) is 2.86. The first-order chi connectivity index (χ1) is 12.2. The highest BCUT2D eigenvalue weighted by Gasteiger charge is 2.02. The predicted octanol–water partition coefficient (Wildman–Crippen LogP) is 3.91. The molecule has 0 radical (unpaired) electrons. The van der Waals surface area contributed by atoms with Crippen molar-refractivity contribution in [1.29, 1.82) is 0 Å². The van der Waals surface area contributed by atoms with Crippen molar-refractivity contribution < 1.29 is 14.3 Å². The molecular weight excluding hydrogens is 314 g/mol. The Morgan fingerprint density at radius 3 is 2.16 bits per heavy atom. The number of hydrogen-bond acceptors (Lipinski definition) is 3. The standard InChI is InChI=1S/C21H27NO3/c1-3-18-8-12-20(13-9-18)25-16-14-22-21(23)5-4-15-24-19-10-6-17(2)7-11-19/h6-13H,3-5,14-16H2,1-2H3,(H,22,23). The molecule has 134 valence electrons. The lowest BCUT2D eigenvalue weighted by atomic mass is 10.2. The van der Waals surface area contributed by atoms with Crippen LogP contribution in [0.3, 0.4) is 0 Å². The van der Waals surface area contributed by atoms with Gasteiger partial charge in [-0.25, -0.2) is 0 Å². The average Bonchev–Trinajstić information content (AvgIpc) is 2.64. The van der Waals surface area contributed by atoms with Gasteiger partial charge >= 0.3 is 0 Å². The molecule has 4 nitrogen and oxygen atoms in total. The molecule has 0 bridgehead atoms. The van der Waals surface area contributed by atoms with Crippen molar-refractivity contribution in [3.63, 3.8) is 0 Å². The van der Waals surface area contributed by atoms with E-state index in [1.165, 1.54) is 11.1 Å². The zero-order chi connectivity index (χ0) is 17.9. The van der Waals surface area contributed by atoms with Crippen LogP contribution in [0, 0.1) is 6.92 Å². The lowest BCUT2D eigenvalue weighted by molar-refractivity contribution is -0.121. The van der Waals surface area contributed by atoms with E-state index in [4.69, 9.17) is 9.47 Å². The molecule has 2 aromatic rings. The summed E-state index contributed by atoms with van der Waals surface area (Å²) in [4.78, 5) is 11.8. The molecule has 1 amide bonds. The first-order valence-electron chi connectivity index (χ1n) is 8.85. The van der Waals surface area contributed by atoms with Crippen molar-refractivity contribution in [2.45, 2.75) is 33.1 Å². The van der Waals surface area contributed by atoms with E-state index in [9.17, 15) is 4.79 Å². The molecular formula is C21H27NO3. The van der Waals surface area contributed by atoms with Gasteiger partial charge in [-0.2, -0.15) is 0 Å². The van der Waals surface area contributed by atoms with E-state index in [-0.39, 0.29) is 5.91 Å². The van der Waals surface area contributed by atoms with Crippen LogP contribution in [0.2, 0.25) is 0 Å². The molecule has 0 saturated heterocycles. The predicted molar refractivity (Wildman–Crippen MR) is 100 cm³/mol. The number of ether oxygens (including phenoxy) is 2. The summed E-state index contributed by atoms with van der Waals surface area (Å²) in [5.74, 6) is 1.70. The fourth-order valence-corrected chi connectivity index (χ4v) is 2.33. The Balaban J connectivity index is 1.52. The fourth-order valence-electron chi connectivity index (χ4n) is 2.33. The highest BCUT2D eigenvalue weighted by molar-refractivity contribution is 5.75. The highest BCUT2D eigenvalue weighted by atomic mass is 16.5. The van der Waals surface area contributed by atoms with Crippen LogP contribution in [0.5, 0.6) is 11.5 Å². The molecule has 0 fully saturated rings. The average molecular weight is 341 g/mol. The SMILES string of the molecule is CCc1ccc(OCCNC(=O)CCCOc2ccc(C)cc2)cc1. The van der Waals surface area contributed by atoms with Crippen molar-refractivity contribution in [2.75, 3.05) is 19.8 Å². The van der Waals surface area contributed by atoms with Crippen molar-refractivity contribution >= 4 is 5.91 Å². The van der Waals surface area contributed by atoms with E-state index in [0.717, 1.165) is 17.9 Å². The fraction of sp³-hybridized carbons (Fsp3) is 0.381. The summed E-state index contributed by atoms with van der Waals surface area (Å²) in [7, 11) is 0. The topological polar surface area (TPSA) is 47.6 Å².